The maximum absolute atomic E-state index is 2.37. The van der Waals surface area contributed by atoms with Crippen molar-refractivity contribution in [3.63, 3.8) is 0 Å². The van der Waals surface area contributed by atoms with Gasteiger partial charge in [0.05, 0.1) is 0 Å². The van der Waals surface area contributed by atoms with Crippen LogP contribution < -0.4 is 10.4 Å². The fourth-order valence-corrected chi connectivity index (χ4v) is 3.14. The molecule has 0 N–H and O–H groups in total. The third-order valence-corrected chi connectivity index (χ3v) is 4.06. The molecule has 0 heterocycles. The SMILES string of the molecule is CC1(C)C=CC2=c3c(ccc4ccccc34)=CC2=C1. The topological polar surface area (TPSA) is 0 Å². The van der Waals surface area contributed by atoms with Gasteiger partial charge in [0, 0.05) is 5.41 Å². The highest BCUT2D eigenvalue weighted by Crippen LogP contribution is 2.32. The Bertz CT molecular complexity index is 874. The van der Waals surface area contributed by atoms with Crippen LogP contribution in [0.4, 0.5) is 0 Å². The summed E-state index contributed by atoms with van der Waals surface area (Å²) in [6, 6.07) is 13.1. The lowest BCUT2D eigenvalue weighted by molar-refractivity contribution is 0.621. The highest BCUT2D eigenvalue weighted by Gasteiger charge is 2.20. The van der Waals surface area contributed by atoms with E-state index in [0.29, 0.717) is 0 Å². The summed E-state index contributed by atoms with van der Waals surface area (Å²) in [4.78, 5) is 0. The maximum Gasteiger partial charge on any atom is 0.00169 e. The van der Waals surface area contributed by atoms with Crippen molar-refractivity contribution in [2.45, 2.75) is 13.8 Å². The van der Waals surface area contributed by atoms with Crippen molar-refractivity contribution < 1.29 is 0 Å². The second kappa shape index (κ2) is 3.48. The van der Waals surface area contributed by atoms with Crippen molar-refractivity contribution in [3.05, 3.63) is 70.6 Å². The van der Waals surface area contributed by atoms with Crippen molar-refractivity contribution in [1.82, 2.24) is 0 Å². The van der Waals surface area contributed by atoms with E-state index in [0.717, 1.165) is 0 Å². The first kappa shape index (κ1) is 10.8. The van der Waals surface area contributed by atoms with Gasteiger partial charge in [0.15, 0.2) is 0 Å². The summed E-state index contributed by atoms with van der Waals surface area (Å²) < 4.78 is 0. The van der Waals surface area contributed by atoms with Gasteiger partial charge in [-0.05, 0) is 38.4 Å². The van der Waals surface area contributed by atoms with Crippen LogP contribution in [0.5, 0.6) is 0 Å². The standard InChI is InChI=1S/C19H16/c1-19(2)10-9-17-15(12-19)11-14-8-7-13-5-3-4-6-16(13)18(14)17/h3-12H,1-2H3. The number of hydrogen-bond donors (Lipinski definition) is 0. The molecule has 0 aromatic heterocycles. The van der Waals surface area contributed by atoms with Gasteiger partial charge in [0.25, 0.3) is 0 Å². The van der Waals surface area contributed by atoms with Crippen molar-refractivity contribution in [1.29, 1.82) is 0 Å². The second-order valence-electron chi connectivity index (χ2n) is 6.06. The van der Waals surface area contributed by atoms with Gasteiger partial charge in [-0.15, -0.1) is 0 Å². The fraction of sp³-hybridized carbons (Fsp3) is 0.158. The van der Waals surface area contributed by atoms with Crippen LogP contribution in [0.25, 0.3) is 22.4 Å². The van der Waals surface area contributed by atoms with Gasteiger partial charge in [0.1, 0.15) is 0 Å². The van der Waals surface area contributed by atoms with E-state index in [-0.39, 0.29) is 5.41 Å². The summed E-state index contributed by atoms with van der Waals surface area (Å²) >= 11 is 0. The molecule has 2 aromatic rings. The average Bonchev–Trinajstić information content (AvgIpc) is 2.74. The van der Waals surface area contributed by atoms with Crippen LogP contribution in [0.1, 0.15) is 13.8 Å². The van der Waals surface area contributed by atoms with Crippen molar-refractivity contribution in [2.75, 3.05) is 0 Å². The first-order chi connectivity index (χ1) is 9.14. The van der Waals surface area contributed by atoms with Crippen LogP contribution in [0, 0.1) is 5.41 Å². The van der Waals surface area contributed by atoms with Gasteiger partial charge in [-0.25, -0.2) is 0 Å². The first-order valence-corrected chi connectivity index (χ1v) is 6.80. The highest BCUT2D eigenvalue weighted by atomic mass is 14.2. The molecule has 0 nitrogen and oxygen atoms in total. The molecule has 0 bridgehead atoms. The summed E-state index contributed by atoms with van der Waals surface area (Å²) in [5.41, 5.74) is 2.91. The zero-order valence-corrected chi connectivity index (χ0v) is 11.3. The van der Waals surface area contributed by atoms with Crippen LogP contribution in [0.2, 0.25) is 0 Å². The summed E-state index contributed by atoms with van der Waals surface area (Å²) in [5, 5.41) is 5.43. The van der Waals surface area contributed by atoms with Crippen molar-refractivity contribution >= 4 is 22.4 Å². The lowest BCUT2D eigenvalue weighted by Gasteiger charge is -2.21. The molecule has 0 spiro atoms. The van der Waals surface area contributed by atoms with Crippen LogP contribution in [0.15, 0.2) is 60.2 Å². The molecule has 0 aliphatic heterocycles. The van der Waals surface area contributed by atoms with Crippen molar-refractivity contribution in [2.24, 2.45) is 5.41 Å². The summed E-state index contributed by atoms with van der Waals surface area (Å²) in [7, 11) is 0. The molecule has 4 rings (SSSR count). The predicted octanol–water partition coefficient (Wildman–Crippen LogP) is 3.31. The number of hydrogen-bond acceptors (Lipinski definition) is 0. The van der Waals surface area contributed by atoms with Gasteiger partial charge >= 0.3 is 0 Å². The zero-order chi connectivity index (χ0) is 13.0. The van der Waals surface area contributed by atoms with E-state index in [1.165, 1.54) is 32.4 Å². The monoisotopic (exact) mass is 244 g/mol. The van der Waals surface area contributed by atoms with E-state index in [9.17, 15) is 0 Å². The minimum Gasteiger partial charge on any atom is -0.0744 e. The molecule has 2 aliphatic carbocycles. The van der Waals surface area contributed by atoms with Crippen LogP contribution in [0.3, 0.4) is 0 Å². The van der Waals surface area contributed by atoms with Gasteiger partial charge in [0.2, 0.25) is 0 Å². The van der Waals surface area contributed by atoms with Gasteiger partial charge < -0.3 is 0 Å². The van der Waals surface area contributed by atoms with E-state index in [1.807, 2.05) is 0 Å². The quantitative estimate of drug-likeness (QED) is 0.667. The normalized spacial score (nSPS) is 18.8. The Kier molecular flexibility index (Phi) is 1.98. The number of benzene rings is 2. The van der Waals surface area contributed by atoms with Gasteiger partial charge in [-0.2, -0.15) is 0 Å². The molecular weight excluding hydrogens is 228 g/mol. The Morgan fingerprint density at radius 3 is 2.68 bits per heavy atom. The van der Waals surface area contributed by atoms with Gasteiger partial charge in [-0.3, -0.25) is 0 Å². The molecule has 0 unspecified atom stereocenters. The van der Waals surface area contributed by atoms with E-state index < -0.39 is 0 Å². The van der Waals surface area contributed by atoms with E-state index in [2.05, 4.69) is 74.5 Å². The molecule has 0 fully saturated rings. The zero-order valence-electron chi connectivity index (χ0n) is 11.3. The fourth-order valence-electron chi connectivity index (χ4n) is 3.14. The van der Waals surface area contributed by atoms with Crippen LogP contribution in [-0.4, -0.2) is 0 Å². The minimum absolute atomic E-state index is 0.160. The molecule has 92 valence electrons. The Balaban J connectivity index is 2.20. The van der Waals surface area contributed by atoms with E-state index >= 15 is 0 Å². The lowest BCUT2D eigenvalue weighted by atomic mass is 9.84. The van der Waals surface area contributed by atoms with Crippen molar-refractivity contribution in [3.8, 4) is 0 Å². The van der Waals surface area contributed by atoms with Crippen LogP contribution >= 0.6 is 0 Å². The third kappa shape index (κ3) is 1.53. The van der Waals surface area contributed by atoms with Crippen LogP contribution in [-0.2, 0) is 0 Å². The molecule has 0 saturated heterocycles. The molecular formula is C19H16. The lowest BCUT2D eigenvalue weighted by Crippen LogP contribution is -2.23. The summed E-state index contributed by atoms with van der Waals surface area (Å²) in [5.74, 6) is 0. The molecule has 0 radical (unpaired) electrons. The summed E-state index contributed by atoms with van der Waals surface area (Å²) in [6.45, 7) is 4.50. The summed E-state index contributed by atoms with van der Waals surface area (Å²) in [6.07, 6.45) is 9.29. The minimum atomic E-state index is 0.160. The Morgan fingerprint density at radius 1 is 0.947 bits per heavy atom. The number of fused-ring (bicyclic) bond motifs is 4. The molecule has 0 atom stereocenters. The number of rotatable bonds is 0. The third-order valence-electron chi connectivity index (χ3n) is 4.06. The molecule has 2 aliphatic rings. The Hall–Kier alpha value is -2.08. The predicted molar refractivity (Wildman–Crippen MR) is 82.1 cm³/mol. The molecule has 19 heavy (non-hydrogen) atoms. The molecule has 0 amide bonds. The Labute approximate surface area is 113 Å². The molecule has 0 heteroatoms. The maximum atomic E-state index is 2.37. The number of allylic oxidation sites excluding steroid dienone is 4. The molecule has 2 aromatic carbocycles. The van der Waals surface area contributed by atoms with Gasteiger partial charge in [-0.1, -0.05) is 68.5 Å². The second-order valence-corrected chi connectivity index (χ2v) is 6.06. The average molecular weight is 244 g/mol. The largest absolute Gasteiger partial charge is 0.0744 e. The van der Waals surface area contributed by atoms with E-state index in [4.69, 9.17) is 0 Å². The first-order valence-electron chi connectivity index (χ1n) is 6.80. The van der Waals surface area contributed by atoms with E-state index in [1.54, 1.807) is 0 Å². The Morgan fingerprint density at radius 2 is 1.79 bits per heavy atom. The highest BCUT2D eigenvalue weighted by molar-refractivity contribution is 5.96. The molecule has 0 saturated carbocycles. The smallest absolute Gasteiger partial charge is 0.00169 e.